The van der Waals surface area contributed by atoms with E-state index in [-0.39, 0.29) is 0 Å². The Hall–Kier alpha value is -6.18. The first kappa shape index (κ1) is 28.3. The molecule has 1 heteroatoms. The molecule has 0 atom stereocenters. The maximum absolute atomic E-state index is 2.41. The first-order chi connectivity index (χ1) is 23.3. The largest absolute Gasteiger partial charge is 0.309 e. The second-order valence-corrected chi connectivity index (χ2v) is 11.7. The van der Waals surface area contributed by atoms with Crippen LogP contribution in [0.1, 0.15) is 0 Å². The van der Waals surface area contributed by atoms with Gasteiger partial charge in [0.05, 0.1) is 11.4 Å². The summed E-state index contributed by atoms with van der Waals surface area (Å²) in [6, 6.07) is 71.8. The molecule has 0 aliphatic heterocycles. The van der Waals surface area contributed by atoms with E-state index >= 15 is 0 Å². The molecular formula is C46H33N. The summed E-state index contributed by atoms with van der Waals surface area (Å²) in [5, 5.41) is 2.50. The van der Waals surface area contributed by atoms with Gasteiger partial charge in [-0.2, -0.15) is 0 Å². The Morgan fingerprint density at radius 3 is 1.30 bits per heavy atom. The number of hydrogen-bond donors (Lipinski definition) is 0. The summed E-state index contributed by atoms with van der Waals surface area (Å²) in [5.41, 5.74) is 13.0. The lowest BCUT2D eigenvalue weighted by molar-refractivity contribution is 1.28. The summed E-state index contributed by atoms with van der Waals surface area (Å²) in [6.07, 6.45) is 0. The molecule has 0 fully saturated rings. The maximum atomic E-state index is 2.41. The Kier molecular flexibility index (Phi) is 7.63. The zero-order valence-electron chi connectivity index (χ0n) is 26.0. The van der Waals surface area contributed by atoms with E-state index in [1.165, 1.54) is 55.3 Å². The second kappa shape index (κ2) is 12.7. The van der Waals surface area contributed by atoms with Crippen LogP contribution in [-0.2, 0) is 0 Å². The number of para-hydroxylation sites is 2. The van der Waals surface area contributed by atoms with Gasteiger partial charge in [0.15, 0.2) is 0 Å². The topological polar surface area (TPSA) is 3.24 Å². The first-order valence-corrected chi connectivity index (χ1v) is 16.1. The van der Waals surface area contributed by atoms with Gasteiger partial charge in [-0.1, -0.05) is 176 Å². The molecule has 0 aliphatic rings. The minimum Gasteiger partial charge on any atom is -0.309 e. The van der Waals surface area contributed by atoms with Crippen LogP contribution in [0.2, 0.25) is 0 Å². The van der Waals surface area contributed by atoms with E-state index in [1.807, 2.05) is 0 Å². The van der Waals surface area contributed by atoms with Gasteiger partial charge in [0.2, 0.25) is 0 Å². The third-order valence-corrected chi connectivity index (χ3v) is 8.89. The van der Waals surface area contributed by atoms with Crippen molar-refractivity contribution >= 4 is 27.8 Å². The Labute approximate surface area is 276 Å². The molecule has 8 aromatic carbocycles. The number of anilines is 3. The van der Waals surface area contributed by atoms with Crippen LogP contribution in [0.4, 0.5) is 17.1 Å². The Bertz CT molecular complexity index is 2190. The molecule has 0 saturated heterocycles. The molecule has 0 heterocycles. The van der Waals surface area contributed by atoms with Gasteiger partial charge in [0, 0.05) is 16.8 Å². The molecule has 0 saturated carbocycles. The fraction of sp³-hybridized carbons (Fsp3) is 0. The molecule has 0 N–H and O–H groups in total. The van der Waals surface area contributed by atoms with Crippen LogP contribution in [0.25, 0.3) is 55.3 Å². The van der Waals surface area contributed by atoms with Crippen molar-refractivity contribution in [2.45, 2.75) is 0 Å². The van der Waals surface area contributed by atoms with Crippen molar-refractivity contribution in [1.82, 2.24) is 0 Å². The van der Waals surface area contributed by atoms with Crippen LogP contribution < -0.4 is 4.90 Å². The first-order valence-electron chi connectivity index (χ1n) is 16.1. The third-order valence-electron chi connectivity index (χ3n) is 8.89. The van der Waals surface area contributed by atoms with E-state index < -0.39 is 0 Å². The lowest BCUT2D eigenvalue weighted by Gasteiger charge is -2.30. The number of hydrogen-bond acceptors (Lipinski definition) is 1. The minimum absolute atomic E-state index is 1.10. The molecule has 0 unspecified atom stereocenters. The molecule has 0 bridgehead atoms. The van der Waals surface area contributed by atoms with Crippen LogP contribution in [-0.4, -0.2) is 0 Å². The summed E-state index contributed by atoms with van der Waals surface area (Å²) >= 11 is 0. The van der Waals surface area contributed by atoms with Gasteiger partial charge in [-0.25, -0.2) is 0 Å². The lowest BCUT2D eigenvalue weighted by atomic mass is 9.89. The summed E-state index contributed by atoms with van der Waals surface area (Å²) in [5.74, 6) is 0. The van der Waals surface area contributed by atoms with E-state index in [2.05, 4.69) is 205 Å². The highest BCUT2D eigenvalue weighted by Gasteiger charge is 2.20. The van der Waals surface area contributed by atoms with E-state index in [9.17, 15) is 0 Å². The van der Waals surface area contributed by atoms with Gasteiger partial charge < -0.3 is 4.90 Å². The van der Waals surface area contributed by atoms with Crippen LogP contribution in [0.3, 0.4) is 0 Å². The van der Waals surface area contributed by atoms with Crippen molar-refractivity contribution in [1.29, 1.82) is 0 Å². The second-order valence-electron chi connectivity index (χ2n) is 11.7. The number of benzene rings is 8. The third kappa shape index (κ3) is 5.49. The number of fused-ring (bicyclic) bond motifs is 1. The SMILES string of the molecule is c1ccc(-c2ccccc2N(c2ccc(-c3ccc4ccccc4c3-c3ccccc3)cc2)c2ccccc2-c2ccccc2)cc1. The molecule has 0 amide bonds. The van der Waals surface area contributed by atoms with Crippen molar-refractivity contribution in [3.63, 3.8) is 0 Å². The van der Waals surface area contributed by atoms with Crippen molar-refractivity contribution in [3.8, 4) is 44.5 Å². The molecule has 222 valence electrons. The highest BCUT2D eigenvalue weighted by Crippen LogP contribution is 2.45. The van der Waals surface area contributed by atoms with Gasteiger partial charge in [0.1, 0.15) is 0 Å². The van der Waals surface area contributed by atoms with E-state index in [1.54, 1.807) is 0 Å². The molecular weight excluding hydrogens is 567 g/mol. The Morgan fingerprint density at radius 2 is 0.723 bits per heavy atom. The molecule has 8 rings (SSSR count). The fourth-order valence-corrected chi connectivity index (χ4v) is 6.69. The molecule has 8 aromatic rings. The van der Waals surface area contributed by atoms with Crippen molar-refractivity contribution in [2.24, 2.45) is 0 Å². The van der Waals surface area contributed by atoms with Crippen LogP contribution >= 0.6 is 0 Å². The summed E-state index contributed by atoms with van der Waals surface area (Å²) < 4.78 is 0. The Morgan fingerprint density at radius 1 is 0.277 bits per heavy atom. The molecule has 0 aliphatic carbocycles. The lowest BCUT2D eigenvalue weighted by Crippen LogP contribution is -2.12. The van der Waals surface area contributed by atoms with Crippen molar-refractivity contribution in [3.05, 3.63) is 200 Å². The van der Waals surface area contributed by atoms with Crippen LogP contribution in [0.5, 0.6) is 0 Å². The standard InChI is InChI=1S/C46H33N/c1-4-16-34(17-5-1)40-23-12-14-26-44(40)47(45-27-15-13-24-41(45)35-18-6-2-7-19-35)39-31-28-37(29-32-39)43-33-30-36-20-10-11-25-42(36)46(43)38-21-8-3-9-22-38/h1-33H. The average Bonchev–Trinajstić information content (AvgIpc) is 3.16. The highest BCUT2D eigenvalue weighted by molar-refractivity contribution is 6.04. The maximum Gasteiger partial charge on any atom is 0.0540 e. The van der Waals surface area contributed by atoms with Crippen molar-refractivity contribution in [2.75, 3.05) is 4.90 Å². The van der Waals surface area contributed by atoms with Crippen LogP contribution in [0, 0.1) is 0 Å². The number of nitrogens with zero attached hydrogens (tertiary/aromatic N) is 1. The van der Waals surface area contributed by atoms with Gasteiger partial charge in [-0.15, -0.1) is 0 Å². The minimum atomic E-state index is 1.10. The predicted octanol–water partition coefficient (Wildman–Crippen LogP) is 13.0. The molecule has 0 radical (unpaired) electrons. The summed E-state index contributed by atoms with van der Waals surface area (Å²) in [6.45, 7) is 0. The van der Waals surface area contributed by atoms with Gasteiger partial charge in [0.25, 0.3) is 0 Å². The normalized spacial score (nSPS) is 11.0. The van der Waals surface area contributed by atoms with Gasteiger partial charge in [-0.3, -0.25) is 0 Å². The van der Waals surface area contributed by atoms with Crippen LogP contribution in [0.15, 0.2) is 200 Å². The molecule has 0 spiro atoms. The summed E-state index contributed by atoms with van der Waals surface area (Å²) in [7, 11) is 0. The zero-order chi connectivity index (χ0) is 31.4. The Balaban J connectivity index is 1.32. The van der Waals surface area contributed by atoms with E-state index in [0.29, 0.717) is 0 Å². The fourth-order valence-electron chi connectivity index (χ4n) is 6.69. The number of rotatable bonds is 7. The molecule has 47 heavy (non-hydrogen) atoms. The molecule has 1 nitrogen and oxygen atoms in total. The highest BCUT2D eigenvalue weighted by atomic mass is 15.1. The van der Waals surface area contributed by atoms with E-state index in [0.717, 1.165) is 17.1 Å². The van der Waals surface area contributed by atoms with E-state index in [4.69, 9.17) is 0 Å². The monoisotopic (exact) mass is 599 g/mol. The zero-order valence-corrected chi connectivity index (χ0v) is 26.0. The summed E-state index contributed by atoms with van der Waals surface area (Å²) in [4.78, 5) is 2.41. The van der Waals surface area contributed by atoms with Gasteiger partial charge >= 0.3 is 0 Å². The average molecular weight is 600 g/mol. The quantitative estimate of drug-likeness (QED) is 0.176. The van der Waals surface area contributed by atoms with Crippen molar-refractivity contribution < 1.29 is 0 Å². The van der Waals surface area contributed by atoms with Gasteiger partial charge in [-0.05, 0) is 68.4 Å². The predicted molar refractivity (Wildman–Crippen MR) is 200 cm³/mol. The molecule has 0 aromatic heterocycles. The smallest absolute Gasteiger partial charge is 0.0540 e.